The molecule has 0 aromatic heterocycles. The maximum absolute atomic E-state index is 12.6. The zero-order chi connectivity index (χ0) is 19.8. The SMILES string of the molecule is C=C1NC(=O)N[C@@H](c2ccc(N(CC)CC)cc2)[C@@H]1C(=O)OCCOCC. The van der Waals surface area contributed by atoms with Crippen molar-refractivity contribution in [2.45, 2.75) is 26.8 Å². The summed E-state index contributed by atoms with van der Waals surface area (Å²) in [5.41, 5.74) is 2.25. The van der Waals surface area contributed by atoms with Gasteiger partial charge in [0.1, 0.15) is 12.5 Å². The molecule has 1 aliphatic heterocycles. The van der Waals surface area contributed by atoms with E-state index < -0.39 is 17.9 Å². The van der Waals surface area contributed by atoms with Crippen LogP contribution in [0.25, 0.3) is 0 Å². The van der Waals surface area contributed by atoms with E-state index in [1.54, 1.807) is 0 Å². The zero-order valence-corrected chi connectivity index (χ0v) is 16.3. The number of urea groups is 1. The monoisotopic (exact) mass is 375 g/mol. The zero-order valence-electron chi connectivity index (χ0n) is 16.3. The van der Waals surface area contributed by atoms with Gasteiger partial charge in [-0.15, -0.1) is 0 Å². The van der Waals surface area contributed by atoms with Gasteiger partial charge in [0.05, 0.1) is 12.6 Å². The van der Waals surface area contributed by atoms with E-state index >= 15 is 0 Å². The number of rotatable bonds is 9. The van der Waals surface area contributed by atoms with Crippen molar-refractivity contribution in [3.05, 3.63) is 42.1 Å². The maximum Gasteiger partial charge on any atom is 0.319 e. The van der Waals surface area contributed by atoms with Crippen LogP contribution in [0.1, 0.15) is 32.4 Å². The highest BCUT2D eigenvalue weighted by atomic mass is 16.6. The van der Waals surface area contributed by atoms with E-state index in [1.165, 1.54) is 0 Å². The molecule has 0 radical (unpaired) electrons. The number of hydrogen-bond donors (Lipinski definition) is 2. The van der Waals surface area contributed by atoms with Crippen LogP contribution in [0.5, 0.6) is 0 Å². The largest absolute Gasteiger partial charge is 0.463 e. The number of anilines is 1. The number of nitrogens with one attached hydrogen (secondary N) is 2. The number of hydrogen-bond acceptors (Lipinski definition) is 5. The van der Waals surface area contributed by atoms with Crippen molar-refractivity contribution >= 4 is 17.7 Å². The highest BCUT2D eigenvalue weighted by Gasteiger charge is 2.38. The first kappa shape index (κ1) is 20.8. The molecular formula is C20H29N3O4. The first-order valence-corrected chi connectivity index (χ1v) is 9.37. The highest BCUT2D eigenvalue weighted by Crippen LogP contribution is 2.31. The van der Waals surface area contributed by atoms with Gasteiger partial charge in [-0.1, -0.05) is 18.7 Å². The van der Waals surface area contributed by atoms with Crippen LogP contribution in [0.15, 0.2) is 36.5 Å². The molecule has 1 aromatic rings. The summed E-state index contributed by atoms with van der Waals surface area (Å²) in [5, 5.41) is 5.39. The lowest BCUT2D eigenvalue weighted by atomic mass is 9.89. The second-order valence-corrected chi connectivity index (χ2v) is 6.21. The van der Waals surface area contributed by atoms with Crippen LogP contribution in [-0.4, -0.2) is 44.9 Å². The third kappa shape index (κ3) is 5.23. The number of amides is 2. The lowest BCUT2D eigenvalue weighted by Gasteiger charge is -2.33. The van der Waals surface area contributed by atoms with E-state index in [0.717, 1.165) is 24.3 Å². The van der Waals surface area contributed by atoms with Gasteiger partial charge in [-0.25, -0.2) is 4.79 Å². The fourth-order valence-electron chi connectivity index (χ4n) is 3.16. The molecule has 0 aliphatic carbocycles. The first-order valence-electron chi connectivity index (χ1n) is 9.37. The summed E-state index contributed by atoms with van der Waals surface area (Å²) in [7, 11) is 0. The molecule has 2 rings (SSSR count). The van der Waals surface area contributed by atoms with Crippen LogP contribution in [0.2, 0.25) is 0 Å². The summed E-state index contributed by atoms with van der Waals surface area (Å²) < 4.78 is 10.5. The van der Waals surface area contributed by atoms with Gasteiger partial charge in [0.2, 0.25) is 0 Å². The molecule has 27 heavy (non-hydrogen) atoms. The van der Waals surface area contributed by atoms with Gasteiger partial charge in [-0.2, -0.15) is 0 Å². The summed E-state index contributed by atoms with van der Waals surface area (Å²) in [4.78, 5) is 26.7. The molecule has 0 saturated carbocycles. The molecule has 1 aliphatic rings. The highest BCUT2D eigenvalue weighted by molar-refractivity contribution is 5.85. The summed E-state index contributed by atoms with van der Waals surface area (Å²) in [6, 6.07) is 6.94. The number of benzene rings is 1. The quantitative estimate of drug-likeness (QED) is 0.512. The molecule has 1 aromatic carbocycles. The molecule has 1 saturated heterocycles. The van der Waals surface area contributed by atoms with Crippen LogP contribution in [0.3, 0.4) is 0 Å². The molecule has 0 bridgehead atoms. The third-order valence-corrected chi connectivity index (χ3v) is 4.58. The maximum atomic E-state index is 12.6. The lowest BCUT2D eigenvalue weighted by molar-refractivity contribution is -0.150. The Bertz CT molecular complexity index is 656. The van der Waals surface area contributed by atoms with E-state index in [2.05, 4.69) is 36.0 Å². The van der Waals surface area contributed by atoms with Gasteiger partial charge in [-0.3, -0.25) is 4.79 Å². The van der Waals surface area contributed by atoms with E-state index in [-0.39, 0.29) is 12.6 Å². The normalized spacial score (nSPS) is 19.2. The van der Waals surface area contributed by atoms with Crippen LogP contribution in [0.4, 0.5) is 10.5 Å². The van der Waals surface area contributed by atoms with Gasteiger partial charge in [0.25, 0.3) is 0 Å². The van der Waals surface area contributed by atoms with Gasteiger partial charge in [0.15, 0.2) is 0 Å². The minimum absolute atomic E-state index is 0.165. The predicted octanol–water partition coefficient (Wildman–Crippen LogP) is 2.60. The fourth-order valence-corrected chi connectivity index (χ4v) is 3.16. The van der Waals surface area contributed by atoms with Crippen LogP contribution < -0.4 is 15.5 Å². The van der Waals surface area contributed by atoms with E-state index in [4.69, 9.17) is 9.47 Å². The average Bonchev–Trinajstić information content (AvgIpc) is 2.66. The molecule has 0 spiro atoms. The van der Waals surface area contributed by atoms with Crippen molar-refractivity contribution in [3.8, 4) is 0 Å². The average molecular weight is 375 g/mol. The summed E-state index contributed by atoms with van der Waals surface area (Å²) >= 11 is 0. The number of nitrogens with zero attached hydrogens (tertiary/aromatic N) is 1. The van der Waals surface area contributed by atoms with Crippen molar-refractivity contribution in [1.82, 2.24) is 10.6 Å². The van der Waals surface area contributed by atoms with Crippen LogP contribution >= 0.6 is 0 Å². The van der Waals surface area contributed by atoms with Gasteiger partial charge in [0, 0.05) is 31.1 Å². The lowest BCUT2D eigenvalue weighted by Crippen LogP contribution is -2.51. The Hall–Kier alpha value is -2.54. The number of carbonyl (C=O) groups excluding carboxylic acids is 2. The predicted molar refractivity (Wildman–Crippen MR) is 104 cm³/mol. The van der Waals surface area contributed by atoms with Crippen LogP contribution in [-0.2, 0) is 14.3 Å². The third-order valence-electron chi connectivity index (χ3n) is 4.58. The molecule has 1 heterocycles. The molecule has 2 atom stereocenters. The molecule has 7 heteroatoms. The Kier molecular flexibility index (Phi) is 7.67. The minimum Gasteiger partial charge on any atom is -0.463 e. The van der Waals surface area contributed by atoms with E-state index in [0.29, 0.717) is 18.9 Å². The number of esters is 1. The Balaban J connectivity index is 2.18. The smallest absolute Gasteiger partial charge is 0.319 e. The number of carbonyl (C=O) groups is 2. The van der Waals surface area contributed by atoms with E-state index in [1.807, 2.05) is 31.2 Å². The minimum atomic E-state index is -0.705. The molecule has 0 unspecified atom stereocenters. The van der Waals surface area contributed by atoms with Crippen molar-refractivity contribution in [3.63, 3.8) is 0 Å². The van der Waals surface area contributed by atoms with Crippen molar-refractivity contribution in [1.29, 1.82) is 0 Å². The Morgan fingerprint density at radius 1 is 1.15 bits per heavy atom. The molecule has 1 fully saturated rings. The topological polar surface area (TPSA) is 79.9 Å². The fraction of sp³-hybridized carbons (Fsp3) is 0.500. The van der Waals surface area contributed by atoms with Gasteiger partial charge in [-0.05, 0) is 38.5 Å². The van der Waals surface area contributed by atoms with Crippen LogP contribution in [0, 0.1) is 5.92 Å². The molecular weight excluding hydrogens is 346 g/mol. The first-order chi connectivity index (χ1) is 13.0. The van der Waals surface area contributed by atoms with Crippen molar-refractivity contribution in [2.24, 2.45) is 5.92 Å². The molecule has 148 valence electrons. The molecule has 2 amide bonds. The summed E-state index contributed by atoms with van der Waals surface area (Å²) in [6.45, 7) is 12.8. The van der Waals surface area contributed by atoms with E-state index in [9.17, 15) is 9.59 Å². The standard InChI is InChI=1S/C20H29N3O4/c1-5-23(6-2)16-10-8-15(9-11-16)18-17(14(4)21-20(25)22-18)19(24)27-13-12-26-7-3/h8-11,17-18H,4-7,12-13H2,1-3H3,(H2,21,22,25)/t17-,18+/m1/s1. The van der Waals surface area contributed by atoms with Gasteiger partial charge < -0.3 is 25.0 Å². The van der Waals surface area contributed by atoms with Crippen molar-refractivity contribution < 1.29 is 19.1 Å². The van der Waals surface area contributed by atoms with Crippen molar-refractivity contribution in [2.75, 3.05) is 37.8 Å². The molecule has 2 N–H and O–H groups in total. The Labute approximate surface area is 160 Å². The second kappa shape index (κ2) is 9.97. The molecule has 7 nitrogen and oxygen atoms in total. The number of ether oxygens (including phenoxy) is 2. The Morgan fingerprint density at radius 3 is 2.41 bits per heavy atom. The van der Waals surface area contributed by atoms with Gasteiger partial charge >= 0.3 is 12.0 Å². The summed E-state index contributed by atoms with van der Waals surface area (Å²) in [6.07, 6.45) is 0. The summed E-state index contributed by atoms with van der Waals surface area (Å²) in [5.74, 6) is -1.14. The second-order valence-electron chi connectivity index (χ2n) is 6.21. The Morgan fingerprint density at radius 2 is 1.81 bits per heavy atom.